The van der Waals surface area contributed by atoms with E-state index in [0.717, 1.165) is 35.4 Å². The number of H-pyrrole nitrogens is 1. The van der Waals surface area contributed by atoms with Crippen LogP contribution in [0.3, 0.4) is 0 Å². The molecule has 5 heteroatoms. The first-order chi connectivity index (χ1) is 15.0. The van der Waals surface area contributed by atoms with Crippen LogP contribution in [0.2, 0.25) is 0 Å². The van der Waals surface area contributed by atoms with E-state index in [9.17, 15) is 9.90 Å². The van der Waals surface area contributed by atoms with Gasteiger partial charge in [-0.2, -0.15) is 0 Å². The monoisotopic (exact) mass is 415 g/mol. The number of rotatable bonds is 8. The Bertz CT molecular complexity index is 1230. The second kappa shape index (κ2) is 8.82. The van der Waals surface area contributed by atoms with E-state index in [1.165, 1.54) is 22.1 Å². The van der Waals surface area contributed by atoms with Gasteiger partial charge in [-0.15, -0.1) is 0 Å². The van der Waals surface area contributed by atoms with Gasteiger partial charge in [-0.3, -0.25) is 0 Å². The molecule has 31 heavy (non-hydrogen) atoms. The highest BCUT2D eigenvalue weighted by Gasteiger charge is 2.22. The van der Waals surface area contributed by atoms with Crippen LogP contribution in [0.25, 0.3) is 10.9 Å². The highest BCUT2D eigenvalue weighted by atomic mass is 16.4. The van der Waals surface area contributed by atoms with E-state index in [-0.39, 0.29) is 0 Å². The molecular formula is C26H29N3O2. The maximum Gasteiger partial charge on any atom is 0.337 e. The molecule has 0 radical (unpaired) electrons. The summed E-state index contributed by atoms with van der Waals surface area (Å²) in [6.07, 6.45) is 2.94. The molecule has 0 bridgehead atoms. The van der Waals surface area contributed by atoms with Gasteiger partial charge in [0.15, 0.2) is 0 Å². The Hall–Kier alpha value is -3.31. The van der Waals surface area contributed by atoms with Gasteiger partial charge in [0.05, 0.1) is 5.56 Å². The molecular weight excluding hydrogens is 386 g/mol. The first-order valence-corrected chi connectivity index (χ1v) is 10.7. The predicted molar refractivity (Wildman–Crippen MR) is 125 cm³/mol. The van der Waals surface area contributed by atoms with Crippen molar-refractivity contribution in [3.63, 3.8) is 0 Å². The van der Waals surface area contributed by atoms with E-state index in [1.807, 2.05) is 32.0 Å². The van der Waals surface area contributed by atoms with Crippen molar-refractivity contribution in [2.24, 2.45) is 0 Å². The molecule has 2 aromatic heterocycles. The third-order valence-corrected chi connectivity index (χ3v) is 6.26. The Morgan fingerprint density at radius 1 is 1.00 bits per heavy atom. The van der Waals surface area contributed by atoms with Crippen molar-refractivity contribution in [3.8, 4) is 0 Å². The Morgan fingerprint density at radius 2 is 1.74 bits per heavy atom. The normalized spacial score (nSPS) is 11.3. The number of aryl methyl sites for hydroxylation is 1. The molecule has 4 rings (SSSR count). The van der Waals surface area contributed by atoms with Crippen LogP contribution in [0, 0.1) is 20.8 Å². The zero-order valence-electron chi connectivity index (χ0n) is 18.3. The Labute approximate surface area is 182 Å². The molecule has 0 amide bonds. The number of nitrogens with zero attached hydrogens (tertiary/aromatic N) is 1. The number of carboxylic acid groups (broad SMARTS) is 1. The first-order valence-electron chi connectivity index (χ1n) is 10.7. The van der Waals surface area contributed by atoms with Gasteiger partial charge in [0.2, 0.25) is 0 Å². The van der Waals surface area contributed by atoms with E-state index in [2.05, 4.69) is 58.3 Å². The Kier molecular flexibility index (Phi) is 5.96. The number of benzene rings is 2. The zero-order valence-corrected chi connectivity index (χ0v) is 18.3. The van der Waals surface area contributed by atoms with E-state index in [0.29, 0.717) is 18.7 Å². The highest BCUT2D eigenvalue weighted by molar-refractivity contribution is 5.91. The summed E-state index contributed by atoms with van der Waals surface area (Å²) in [7, 11) is 0. The largest absolute Gasteiger partial charge is 0.478 e. The second-order valence-electron chi connectivity index (χ2n) is 8.13. The lowest BCUT2D eigenvalue weighted by Crippen LogP contribution is -2.18. The summed E-state index contributed by atoms with van der Waals surface area (Å²) in [4.78, 5) is 15.4. The zero-order chi connectivity index (χ0) is 22.0. The summed E-state index contributed by atoms with van der Waals surface area (Å²) in [5, 5.41) is 14.6. The smallest absolute Gasteiger partial charge is 0.337 e. The number of aromatic amines is 1. The van der Waals surface area contributed by atoms with Crippen molar-refractivity contribution in [1.82, 2.24) is 14.9 Å². The average molecular weight is 416 g/mol. The maximum absolute atomic E-state index is 12.0. The number of aromatic carboxylic acids is 1. The van der Waals surface area contributed by atoms with Crippen molar-refractivity contribution in [3.05, 3.63) is 93.9 Å². The van der Waals surface area contributed by atoms with Crippen molar-refractivity contribution in [1.29, 1.82) is 0 Å². The highest BCUT2D eigenvalue weighted by Crippen LogP contribution is 2.25. The van der Waals surface area contributed by atoms with Crippen LogP contribution in [-0.4, -0.2) is 27.2 Å². The van der Waals surface area contributed by atoms with E-state index in [1.54, 1.807) is 0 Å². The van der Waals surface area contributed by atoms with E-state index in [4.69, 9.17) is 0 Å². The summed E-state index contributed by atoms with van der Waals surface area (Å²) in [6, 6.07) is 16.5. The maximum atomic E-state index is 12.0. The number of carboxylic acids is 1. The van der Waals surface area contributed by atoms with Crippen LogP contribution in [0.15, 0.2) is 54.7 Å². The number of hydrogen-bond acceptors (Lipinski definition) is 2. The fraction of sp³-hybridized carbons (Fsp3) is 0.269. The average Bonchev–Trinajstić information content (AvgIpc) is 3.27. The fourth-order valence-electron chi connectivity index (χ4n) is 4.42. The van der Waals surface area contributed by atoms with Crippen molar-refractivity contribution in [2.45, 2.75) is 40.3 Å². The molecule has 0 atom stereocenters. The van der Waals surface area contributed by atoms with Gasteiger partial charge in [0, 0.05) is 47.1 Å². The number of para-hydroxylation sites is 1. The van der Waals surface area contributed by atoms with Gasteiger partial charge < -0.3 is 20.0 Å². The molecule has 0 saturated heterocycles. The molecule has 4 aromatic rings. The van der Waals surface area contributed by atoms with Gasteiger partial charge in [-0.25, -0.2) is 4.79 Å². The summed E-state index contributed by atoms with van der Waals surface area (Å²) in [5.74, 6) is -0.863. The minimum absolute atomic E-state index is 0.422. The number of carbonyl (C=O) groups is 1. The lowest BCUT2D eigenvalue weighted by atomic mass is 10.1. The summed E-state index contributed by atoms with van der Waals surface area (Å²) in [6.45, 7) is 8.02. The molecule has 3 N–H and O–H groups in total. The van der Waals surface area contributed by atoms with Crippen molar-refractivity contribution < 1.29 is 9.90 Å². The molecule has 2 heterocycles. The summed E-state index contributed by atoms with van der Waals surface area (Å²) >= 11 is 0. The van der Waals surface area contributed by atoms with Gasteiger partial charge in [0.1, 0.15) is 0 Å². The van der Waals surface area contributed by atoms with Gasteiger partial charge in [-0.05, 0) is 56.5 Å². The number of fused-ring (bicyclic) bond motifs is 1. The van der Waals surface area contributed by atoms with E-state index < -0.39 is 5.97 Å². The molecule has 0 aliphatic heterocycles. The van der Waals surface area contributed by atoms with Crippen LogP contribution in [0.4, 0.5) is 0 Å². The third-order valence-electron chi connectivity index (χ3n) is 6.26. The molecule has 0 aliphatic carbocycles. The Morgan fingerprint density at radius 3 is 2.52 bits per heavy atom. The van der Waals surface area contributed by atoms with E-state index >= 15 is 0 Å². The molecule has 2 aromatic carbocycles. The van der Waals surface area contributed by atoms with Crippen LogP contribution in [0.1, 0.15) is 44.0 Å². The molecule has 160 valence electrons. The minimum atomic E-state index is -0.863. The third kappa shape index (κ3) is 4.14. The quantitative estimate of drug-likeness (QED) is 0.356. The molecule has 0 aliphatic rings. The molecule has 0 saturated carbocycles. The first kappa shape index (κ1) is 20.9. The number of hydrogen-bond donors (Lipinski definition) is 3. The molecule has 0 unspecified atom stereocenters. The van der Waals surface area contributed by atoms with Gasteiger partial charge in [-0.1, -0.05) is 42.5 Å². The lowest BCUT2D eigenvalue weighted by molar-refractivity contribution is 0.0694. The molecule has 5 nitrogen and oxygen atoms in total. The number of aromatic nitrogens is 2. The van der Waals surface area contributed by atoms with Gasteiger partial charge >= 0.3 is 5.97 Å². The Balaban J connectivity index is 1.51. The summed E-state index contributed by atoms with van der Waals surface area (Å²) in [5.41, 5.74) is 7.95. The SMILES string of the molecule is Cc1ccccc1Cn1c(C)c(CNCCc2c[nH]c3ccccc23)c(C(=O)O)c1C. The number of nitrogens with one attached hydrogen (secondary N) is 2. The second-order valence-corrected chi connectivity index (χ2v) is 8.13. The van der Waals surface area contributed by atoms with Crippen LogP contribution in [0.5, 0.6) is 0 Å². The van der Waals surface area contributed by atoms with Gasteiger partial charge in [0.25, 0.3) is 0 Å². The fourth-order valence-corrected chi connectivity index (χ4v) is 4.42. The lowest BCUT2D eigenvalue weighted by Gasteiger charge is -2.12. The standard InChI is InChI=1S/C26H29N3O2/c1-17-8-4-5-9-21(17)16-29-18(2)23(25(19(29)3)26(30)31)15-27-13-12-20-14-28-24-11-7-6-10-22(20)24/h4-11,14,27-28H,12-13,15-16H2,1-3H3,(H,30,31). The predicted octanol–water partition coefficient (Wildman–Crippen LogP) is 4.97. The van der Waals surface area contributed by atoms with Crippen molar-refractivity contribution in [2.75, 3.05) is 6.54 Å². The summed E-state index contributed by atoms with van der Waals surface area (Å²) < 4.78 is 2.13. The topological polar surface area (TPSA) is 70.0 Å². The van der Waals surface area contributed by atoms with Crippen molar-refractivity contribution >= 4 is 16.9 Å². The minimum Gasteiger partial charge on any atom is -0.478 e. The molecule has 0 fully saturated rings. The van der Waals surface area contributed by atoms with Crippen LogP contribution < -0.4 is 5.32 Å². The van der Waals surface area contributed by atoms with Crippen LogP contribution >= 0.6 is 0 Å². The molecule has 0 spiro atoms. The van der Waals surface area contributed by atoms with Crippen LogP contribution in [-0.2, 0) is 19.5 Å².